The van der Waals surface area contributed by atoms with Crippen LogP contribution in [-0.2, 0) is 16.6 Å². The number of aromatic nitrogens is 1. The van der Waals surface area contributed by atoms with Crippen LogP contribution < -0.4 is 0 Å². The minimum absolute atomic E-state index is 0.239. The van der Waals surface area contributed by atoms with Crippen molar-refractivity contribution in [1.29, 1.82) is 0 Å². The molecule has 0 saturated heterocycles. The normalized spacial score (nSPS) is 12.9. The molecule has 0 aliphatic heterocycles. The van der Waals surface area contributed by atoms with Gasteiger partial charge in [-0.1, -0.05) is 18.2 Å². The summed E-state index contributed by atoms with van der Waals surface area (Å²) >= 11 is 0. The topological polar surface area (TPSA) is 34.5 Å². The fraction of sp³-hybridized carbons (Fsp3) is 0.357. The number of hydrogen-bond acceptors (Lipinski definition) is 3. The average molecular weight is 246 g/mol. The molecule has 0 aliphatic carbocycles. The second kappa shape index (κ2) is 4.82. The first-order chi connectivity index (χ1) is 8.56. The summed E-state index contributed by atoms with van der Waals surface area (Å²) in [5, 5.41) is 1.09. The van der Waals surface area contributed by atoms with Gasteiger partial charge in [0, 0.05) is 29.7 Å². The Bertz CT molecular complexity index is 572. The molecular formula is C14H18N2O2. The van der Waals surface area contributed by atoms with Gasteiger partial charge in [-0.2, -0.15) is 0 Å². The number of rotatable bonds is 3. The van der Waals surface area contributed by atoms with Gasteiger partial charge in [0.25, 0.3) is 0 Å². The van der Waals surface area contributed by atoms with Crippen molar-refractivity contribution < 1.29 is 9.53 Å². The third-order valence-electron chi connectivity index (χ3n) is 3.16. The third kappa shape index (κ3) is 1.99. The van der Waals surface area contributed by atoms with Crippen molar-refractivity contribution in [2.75, 3.05) is 21.2 Å². The van der Waals surface area contributed by atoms with Crippen LogP contribution in [0.1, 0.15) is 11.6 Å². The Morgan fingerprint density at radius 2 is 2.00 bits per heavy atom. The molecule has 1 atom stereocenters. The standard InChI is InChI=1S/C14H18N2O2/c1-15(2)13(14(17)18-4)11-9-16(3)12-8-6-5-7-10(11)12/h5-9,13H,1-4H3. The number of nitrogens with zero attached hydrogens (tertiary/aromatic N) is 2. The molecule has 0 N–H and O–H groups in total. The molecular weight excluding hydrogens is 228 g/mol. The molecule has 0 amide bonds. The highest BCUT2D eigenvalue weighted by molar-refractivity contribution is 5.90. The summed E-state index contributed by atoms with van der Waals surface area (Å²) in [5.74, 6) is -0.239. The zero-order valence-electron chi connectivity index (χ0n) is 11.2. The minimum Gasteiger partial charge on any atom is -0.468 e. The first-order valence-electron chi connectivity index (χ1n) is 5.84. The van der Waals surface area contributed by atoms with E-state index in [1.165, 1.54) is 7.11 Å². The van der Waals surface area contributed by atoms with Gasteiger partial charge in [0.2, 0.25) is 0 Å². The van der Waals surface area contributed by atoms with Crippen molar-refractivity contribution in [3.63, 3.8) is 0 Å². The van der Waals surface area contributed by atoms with E-state index in [-0.39, 0.29) is 12.0 Å². The van der Waals surface area contributed by atoms with E-state index in [9.17, 15) is 4.79 Å². The van der Waals surface area contributed by atoms with Gasteiger partial charge in [-0.25, -0.2) is 4.79 Å². The number of carbonyl (C=O) groups is 1. The van der Waals surface area contributed by atoms with Gasteiger partial charge in [0.15, 0.2) is 0 Å². The van der Waals surface area contributed by atoms with Crippen LogP contribution in [-0.4, -0.2) is 36.6 Å². The first kappa shape index (κ1) is 12.6. The first-order valence-corrected chi connectivity index (χ1v) is 5.84. The average Bonchev–Trinajstić information content (AvgIpc) is 2.67. The summed E-state index contributed by atoms with van der Waals surface area (Å²) < 4.78 is 6.93. The molecule has 1 aromatic heterocycles. The van der Waals surface area contributed by atoms with Crippen molar-refractivity contribution in [3.8, 4) is 0 Å². The fourth-order valence-electron chi connectivity index (χ4n) is 2.32. The number of hydrogen-bond donors (Lipinski definition) is 0. The summed E-state index contributed by atoms with van der Waals surface area (Å²) in [4.78, 5) is 13.8. The number of likely N-dealkylation sites (N-methyl/N-ethyl adjacent to an activating group) is 1. The van der Waals surface area contributed by atoms with E-state index in [1.54, 1.807) is 0 Å². The van der Waals surface area contributed by atoms with Gasteiger partial charge < -0.3 is 9.30 Å². The SMILES string of the molecule is COC(=O)C(c1cn(C)c2ccccc12)N(C)C. The monoisotopic (exact) mass is 246 g/mol. The second-order valence-electron chi connectivity index (χ2n) is 4.60. The molecule has 1 heterocycles. The number of esters is 1. The van der Waals surface area contributed by atoms with Gasteiger partial charge >= 0.3 is 5.97 Å². The van der Waals surface area contributed by atoms with Gasteiger partial charge in [-0.3, -0.25) is 4.90 Å². The highest BCUT2D eigenvalue weighted by Crippen LogP contribution is 2.29. The molecule has 1 aromatic carbocycles. The molecule has 4 nitrogen and oxygen atoms in total. The van der Waals surface area contributed by atoms with Crippen molar-refractivity contribution >= 4 is 16.9 Å². The van der Waals surface area contributed by atoms with Crippen LogP contribution in [0, 0.1) is 0 Å². The predicted molar refractivity (Wildman–Crippen MR) is 71.4 cm³/mol. The maximum Gasteiger partial charge on any atom is 0.327 e. The Morgan fingerprint density at radius 3 is 2.61 bits per heavy atom. The van der Waals surface area contributed by atoms with E-state index in [4.69, 9.17) is 4.74 Å². The summed E-state index contributed by atoms with van der Waals surface area (Å²) in [7, 11) is 7.16. The highest BCUT2D eigenvalue weighted by atomic mass is 16.5. The highest BCUT2D eigenvalue weighted by Gasteiger charge is 2.26. The molecule has 0 radical (unpaired) electrons. The van der Waals surface area contributed by atoms with Crippen LogP contribution in [0.4, 0.5) is 0 Å². The minimum atomic E-state index is -0.374. The Balaban J connectivity index is 2.61. The van der Waals surface area contributed by atoms with Crippen LogP contribution in [0.15, 0.2) is 30.5 Å². The van der Waals surface area contributed by atoms with Gasteiger partial charge in [-0.15, -0.1) is 0 Å². The molecule has 2 rings (SSSR count). The number of para-hydroxylation sites is 1. The van der Waals surface area contributed by atoms with Gasteiger partial charge in [-0.05, 0) is 20.2 Å². The van der Waals surface area contributed by atoms with Crippen LogP contribution in [0.5, 0.6) is 0 Å². The molecule has 0 fully saturated rings. The molecule has 4 heteroatoms. The Morgan fingerprint density at radius 1 is 1.33 bits per heavy atom. The van der Waals surface area contributed by atoms with E-state index in [2.05, 4.69) is 0 Å². The maximum absolute atomic E-state index is 11.9. The molecule has 18 heavy (non-hydrogen) atoms. The third-order valence-corrected chi connectivity index (χ3v) is 3.16. The molecule has 0 aliphatic rings. The van der Waals surface area contributed by atoms with Gasteiger partial charge in [0.05, 0.1) is 7.11 Å². The quantitative estimate of drug-likeness (QED) is 0.776. The maximum atomic E-state index is 11.9. The van der Waals surface area contributed by atoms with Crippen LogP contribution >= 0.6 is 0 Å². The van der Waals surface area contributed by atoms with Crippen molar-refractivity contribution in [2.45, 2.75) is 6.04 Å². The molecule has 0 spiro atoms. The molecule has 0 saturated carbocycles. The molecule has 1 unspecified atom stereocenters. The summed E-state index contributed by atoms with van der Waals surface area (Å²) in [6.45, 7) is 0. The lowest BCUT2D eigenvalue weighted by molar-refractivity contribution is -0.146. The van der Waals surface area contributed by atoms with E-state index < -0.39 is 0 Å². The van der Waals surface area contributed by atoms with Crippen molar-refractivity contribution in [2.24, 2.45) is 7.05 Å². The zero-order chi connectivity index (χ0) is 13.3. The lowest BCUT2D eigenvalue weighted by Crippen LogP contribution is -2.28. The largest absolute Gasteiger partial charge is 0.468 e. The number of carbonyl (C=O) groups excluding carboxylic acids is 1. The summed E-state index contributed by atoms with van der Waals surface area (Å²) in [5.41, 5.74) is 2.09. The van der Waals surface area contributed by atoms with Crippen LogP contribution in [0.3, 0.4) is 0 Å². The Labute approximate surface area is 107 Å². The summed E-state index contributed by atoms with van der Waals surface area (Å²) in [6, 6.07) is 7.68. The second-order valence-corrected chi connectivity index (χ2v) is 4.60. The van der Waals surface area contributed by atoms with Crippen LogP contribution in [0.25, 0.3) is 10.9 Å². The number of ether oxygens (including phenoxy) is 1. The lowest BCUT2D eigenvalue weighted by atomic mass is 10.1. The van der Waals surface area contributed by atoms with Crippen molar-refractivity contribution in [1.82, 2.24) is 9.47 Å². The van der Waals surface area contributed by atoms with Crippen LogP contribution in [0.2, 0.25) is 0 Å². The molecule has 2 aromatic rings. The number of benzene rings is 1. The van der Waals surface area contributed by atoms with E-state index >= 15 is 0 Å². The predicted octanol–water partition coefficient (Wildman–Crippen LogP) is 1.95. The zero-order valence-corrected chi connectivity index (χ0v) is 11.2. The Hall–Kier alpha value is -1.81. The van der Waals surface area contributed by atoms with E-state index in [0.29, 0.717) is 0 Å². The lowest BCUT2D eigenvalue weighted by Gasteiger charge is -2.21. The number of fused-ring (bicyclic) bond motifs is 1. The smallest absolute Gasteiger partial charge is 0.327 e. The van der Waals surface area contributed by atoms with E-state index in [0.717, 1.165) is 16.5 Å². The summed E-state index contributed by atoms with van der Waals surface area (Å²) in [6.07, 6.45) is 1.99. The van der Waals surface area contributed by atoms with E-state index in [1.807, 2.05) is 61.1 Å². The van der Waals surface area contributed by atoms with Crippen molar-refractivity contribution in [3.05, 3.63) is 36.0 Å². The number of aryl methyl sites for hydroxylation is 1. The number of methoxy groups -OCH3 is 1. The Kier molecular flexibility index (Phi) is 3.39. The molecule has 0 bridgehead atoms. The fourth-order valence-corrected chi connectivity index (χ4v) is 2.32. The van der Waals surface area contributed by atoms with Gasteiger partial charge in [0.1, 0.15) is 6.04 Å². The molecule has 96 valence electrons.